The van der Waals surface area contributed by atoms with Gasteiger partial charge >= 0.3 is 6.18 Å². The van der Waals surface area contributed by atoms with Crippen LogP contribution in [0, 0.1) is 0 Å². The van der Waals surface area contributed by atoms with Gasteiger partial charge in [-0.15, -0.1) is 0 Å². The number of sulfonamides is 1. The van der Waals surface area contributed by atoms with Crippen molar-refractivity contribution in [3.63, 3.8) is 0 Å². The molecule has 0 unspecified atom stereocenters. The highest BCUT2D eigenvalue weighted by atomic mass is 35.5. The van der Waals surface area contributed by atoms with E-state index in [0.717, 1.165) is 17.7 Å². The van der Waals surface area contributed by atoms with Crippen molar-refractivity contribution in [2.24, 2.45) is 0 Å². The lowest BCUT2D eigenvalue weighted by molar-refractivity contribution is -0.139. The first-order valence-corrected chi connectivity index (χ1v) is 15.7. The molecule has 45 heavy (non-hydrogen) atoms. The van der Waals surface area contributed by atoms with E-state index in [1.807, 2.05) is 0 Å². The van der Waals surface area contributed by atoms with Crippen LogP contribution in [0.25, 0.3) is 0 Å². The zero-order valence-electron chi connectivity index (χ0n) is 23.8. The van der Waals surface area contributed by atoms with Gasteiger partial charge in [-0.2, -0.15) is 13.2 Å². The highest BCUT2D eigenvalue weighted by Gasteiger charge is 2.37. The molecule has 0 heterocycles. The average Bonchev–Trinajstić information content (AvgIpc) is 3.02. The molecule has 4 aromatic carbocycles. The number of nitrogens with one attached hydrogen (secondary N) is 1. The van der Waals surface area contributed by atoms with Gasteiger partial charge in [-0.25, -0.2) is 8.42 Å². The van der Waals surface area contributed by atoms with Crippen molar-refractivity contribution in [3.05, 3.63) is 130 Å². The maximum atomic E-state index is 14.2. The number of halogens is 5. The van der Waals surface area contributed by atoms with Crippen LogP contribution < -0.4 is 9.62 Å². The molecule has 0 aliphatic carbocycles. The van der Waals surface area contributed by atoms with E-state index >= 15 is 0 Å². The largest absolute Gasteiger partial charge is 0.417 e. The summed E-state index contributed by atoms with van der Waals surface area (Å²) in [5.41, 5.74) is -0.401. The molecule has 4 rings (SSSR count). The van der Waals surface area contributed by atoms with Crippen LogP contribution in [0.15, 0.2) is 108 Å². The molecule has 0 saturated carbocycles. The minimum Gasteiger partial charge on any atom is -0.357 e. The highest BCUT2D eigenvalue weighted by molar-refractivity contribution is 7.92. The van der Waals surface area contributed by atoms with Gasteiger partial charge in [-0.05, 0) is 53.6 Å². The van der Waals surface area contributed by atoms with E-state index in [2.05, 4.69) is 5.32 Å². The molecule has 0 aliphatic heterocycles. The van der Waals surface area contributed by atoms with Crippen molar-refractivity contribution in [1.82, 2.24) is 10.2 Å². The number of amides is 2. The predicted octanol–water partition coefficient (Wildman–Crippen LogP) is 6.59. The Labute approximate surface area is 269 Å². The summed E-state index contributed by atoms with van der Waals surface area (Å²) in [6.07, 6.45) is -4.83. The summed E-state index contributed by atoms with van der Waals surface area (Å²) in [7, 11) is -3.18. The monoisotopic (exact) mass is 677 g/mol. The molecule has 0 aliphatic rings. The number of benzene rings is 4. The van der Waals surface area contributed by atoms with Gasteiger partial charge in [0.15, 0.2) is 0 Å². The van der Waals surface area contributed by atoms with Gasteiger partial charge in [0.2, 0.25) is 11.8 Å². The van der Waals surface area contributed by atoms with Crippen molar-refractivity contribution in [2.75, 3.05) is 17.9 Å². The van der Waals surface area contributed by atoms with E-state index in [-0.39, 0.29) is 17.9 Å². The van der Waals surface area contributed by atoms with Gasteiger partial charge < -0.3 is 10.2 Å². The summed E-state index contributed by atoms with van der Waals surface area (Å²) in [6, 6.07) is 23.9. The van der Waals surface area contributed by atoms with Crippen LogP contribution >= 0.6 is 23.2 Å². The Hall–Kier alpha value is -4.06. The SMILES string of the molecule is CNC(=O)[C@H](Cc1ccccc1)N(Cc1ccc(Cl)cc1)C(=O)CN(c1ccc(Cl)c(C(F)(F)F)c1)S(=O)(=O)c1ccccc1. The molecule has 2 amide bonds. The highest BCUT2D eigenvalue weighted by Crippen LogP contribution is 2.38. The molecule has 236 valence electrons. The van der Waals surface area contributed by atoms with Crippen molar-refractivity contribution in [2.45, 2.75) is 30.1 Å². The van der Waals surface area contributed by atoms with Gasteiger partial charge in [-0.1, -0.05) is 83.9 Å². The van der Waals surface area contributed by atoms with E-state index in [0.29, 0.717) is 21.0 Å². The number of nitrogens with zero attached hydrogens (tertiary/aromatic N) is 2. The maximum absolute atomic E-state index is 14.2. The molecule has 4 aromatic rings. The fourth-order valence-corrected chi connectivity index (χ4v) is 6.42. The zero-order chi connectivity index (χ0) is 32.8. The lowest BCUT2D eigenvalue weighted by Gasteiger charge is -2.33. The lowest BCUT2D eigenvalue weighted by atomic mass is 10.0. The van der Waals surface area contributed by atoms with E-state index in [9.17, 15) is 31.2 Å². The van der Waals surface area contributed by atoms with Crippen molar-refractivity contribution in [3.8, 4) is 0 Å². The van der Waals surface area contributed by atoms with Crippen LogP contribution in [-0.2, 0) is 38.8 Å². The van der Waals surface area contributed by atoms with Crippen LogP contribution in [0.1, 0.15) is 16.7 Å². The molecule has 0 saturated heterocycles. The third-order valence-corrected chi connectivity index (χ3v) is 9.31. The third kappa shape index (κ3) is 8.36. The minimum absolute atomic E-state index is 0.0739. The van der Waals surface area contributed by atoms with E-state index in [1.54, 1.807) is 60.7 Å². The van der Waals surface area contributed by atoms with E-state index in [4.69, 9.17) is 23.2 Å². The molecule has 13 heteroatoms. The number of anilines is 1. The number of likely N-dealkylation sites (N-methyl/N-ethyl adjacent to an activating group) is 1. The van der Waals surface area contributed by atoms with Gasteiger partial charge in [0.05, 0.1) is 21.2 Å². The number of carbonyl (C=O) groups is 2. The number of hydrogen-bond donors (Lipinski definition) is 1. The number of hydrogen-bond acceptors (Lipinski definition) is 4. The fraction of sp³-hybridized carbons (Fsp3) is 0.188. The Morgan fingerprint density at radius 3 is 2.02 bits per heavy atom. The molecule has 0 fully saturated rings. The Morgan fingerprint density at radius 2 is 1.44 bits per heavy atom. The van der Waals surface area contributed by atoms with E-state index < -0.39 is 56.9 Å². The summed E-state index contributed by atoms with van der Waals surface area (Å²) in [6.45, 7) is -1.05. The first-order chi connectivity index (χ1) is 21.3. The number of rotatable bonds is 11. The molecule has 0 radical (unpaired) electrons. The van der Waals surface area contributed by atoms with Crippen molar-refractivity contribution in [1.29, 1.82) is 0 Å². The molecule has 0 aromatic heterocycles. The Bertz CT molecular complexity index is 1740. The van der Waals surface area contributed by atoms with Crippen LogP contribution in [0.3, 0.4) is 0 Å². The summed E-state index contributed by atoms with van der Waals surface area (Å²) in [5, 5.41) is 2.36. The van der Waals surface area contributed by atoms with Crippen LogP contribution in [-0.4, -0.2) is 44.8 Å². The molecule has 0 spiro atoms. The molecular weight excluding hydrogens is 650 g/mol. The number of carbonyl (C=O) groups excluding carboxylic acids is 2. The Kier molecular flexibility index (Phi) is 10.8. The van der Waals surface area contributed by atoms with Gasteiger partial charge in [0.25, 0.3) is 10.0 Å². The zero-order valence-corrected chi connectivity index (χ0v) is 26.2. The smallest absolute Gasteiger partial charge is 0.357 e. The Balaban J connectivity index is 1.83. The molecule has 7 nitrogen and oxygen atoms in total. The normalized spacial score (nSPS) is 12.3. The van der Waals surface area contributed by atoms with Crippen LogP contribution in [0.2, 0.25) is 10.0 Å². The van der Waals surface area contributed by atoms with Gasteiger partial charge in [0, 0.05) is 25.0 Å². The summed E-state index contributed by atoms with van der Waals surface area (Å²) >= 11 is 11.9. The van der Waals surface area contributed by atoms with Crippen molar-refractivity contribution < 1.29 is 31.2 Å². The second-order valence-corrected chi connectivity index (χ2v) is 12.7. The quantitative estimate of drug-likeness (QED) is 0.194. The summed E-state index contributed by atoms with van der Waals surface area (Å²) in [5.74, 6) is -1.36. The second kappa shape index (κ2) is 14.4. The van der Waals surface area contributed by atoms with Gasteiger partial charge in [0.1, 0.15) is 12.6 Å². The van der Waals surface area contributed by atoms with Crippen LogP contribution in [0.4, 0.5) is 18.9 Å². The van der Waals surface area contributed by atoms with Gasteiger partial charge in [-0.3, -0.25) is 13.9 Å². The number of alkyl halides is 3. The lowest BCUT2D eigenvalue weighted by Crippen LogP contribution is -2.53. The summed E-state index contributed by atoms with van der Waals surface area (Å²) in [4.78, 5) is 28.5. The summed E-state index contributed by atoms with van der Waals surface area (Å²) < 4.78 is 69.9. The standard InChI is InChI=1S/C32H28Cl2F3N3O4S/c1-38-31(42)29(18-22-8-4-2-5-9-22)39(20-23-12-14-24(33)15-13-23)30(41)21-40(45(43,44)26-10-6-3-7-11-26)25-16-17-28(34)27(19-25)32(35,36)37/h2-17,19,29H,18,20-21H2,1H3,(H,38,42)/t29-/m0/s1. The first kappa shape index (κ1) is 33.8. The van der Waals surface area contributed by atoms with Crippen LogP contribution in [0.5, 0.6) is 0 Å². The topological polar surface area (TPSA) is 86.8 Å². The molecule has 0 bridgehead atoms. The minimum atomic E-state index is -4.90. The predicted molar refractivity (Wildman–Crippen MR) is 167 cm³/mol. The Morgan fingerprint density at radius 1 is 0.844 bits per heavy atom. The first-order valence-electron chi connectivity index (χ1n) is 13.5. The van der Waals surface area contributed by atoms with Crippen molar-refractivity contribution >= 4 is 50.7 Å². The molecular formula is C32H28Cl2F3N3O4S. The third-order valence-electron chi connectivity index (χ3n) is 6.94. The second-order valence-electron chi connectivity index (χ2n) is 9.95. The maximum Gasteiger partial charge on any atom is 0.417 e. The molecule has 1 N–H and O–H groups in total. The fourth-order valence-electron chi connectivity index (χ4n) is 4.64. The van der Waals surface area contributed by atoms with E-state index in [1.165, 1.54) is 36.2 Å². The average molecular weight is 679 g/mol. The molecule has 1 atom stereocenters.